The lowest BCUT2D eigenvalue weighted by atomic mass is 9.87. The van der Waals surface area contributed by atoms with E-state index in [9.17, 15) is 0 Å². The van der Waals surface area contributed by atoms with Gasteiger partial charge in [0.1, 0.15) is 0 Å². The van der Waals surface area contributed by atoms with Gasteiger partial charge in [-0.05, 0) is 57.8 Å². The highest BCUT2D eigenvalue weighted by molar-refractivity contribution is 5.36. The van der Waals surface area contributed by atoms with Crippen molar-refractivity contribution < 1.29 is 0 Å². The van der Waals surface area contributed by atoms with Gasteiger partial charge in [0.05, 0.1) is 0 Å². The molecule has 0 heteroatoms. The lowest BCUT2D eigenvalue weighted by Crippen LogP contribution is -2.03. The molecule has 0 aliphatic heterocycles. The van der Waals surface area contributed by atoms with Crippen molar-refractivity contribution in [3.05, 3.63) is 34.9 Å². The van der Waals surface area contributed by atoms with Crippen LogP contribution in [0.5, 0.6) is 0 Å². The second-order valence-corrected chi connectivity index (χ2v) is 7.07. The molecule has 0 aromatic rings. The number of fused-ring (bicyclic) bond motifs is 2. The van der Waals surface area contributed by atoms with Gasteiger partial charge in [-0.2, -0.15) is 0 Å². The minimum absolute atomic E-state index is 0.875. The first-order valence-corrected chi connectivity index (χ1v) is 9.27. The number of hydrogen-bond acceptors (Lipinski definition) is 0. The van der Waals surface area contributed by atoms with Crippen LogP contribution in [0.4, 0.5) is 0 Å². The Hall–Kier alpha value is -0.780. The van der Waals surface area contributed by atoms with Crippen molar-refractivity contribution in [1.29, 1.82) is 0 Å². The van der Waals surface area contributed by atoms with Crippen LogP contribution in [0, 0.1) is 11.8 Å². The topological polar surface area (TPSA) is 0 Å². The van der Waals surface area contributed by atoms with Crippen LogP contribution in [-0.2, 0) is 0 Å². The van der Waals surface area contributed by atoms with Crippen LogP contribution in [0.25, 0.3) is 0 Å². The van der Waals surface area contributed by atoms with Crippen molar-refractivity contribution >= 4 is 0 Å². The van der Waals surface area contributed by atoms with E-state index < -0.39 is 0 Å². The number of rotatable bonds is 8. The summed E-state index contributed by atoms with van der Waals surface area (Å²) in [5, 5.41) is 0. The van der Waals surface area contributed by atoms with Gasteiger partial charge in [-0.3, -0.25) is 0 Å². The summed E-state index contributed by atoms with van der Waals surface area (Å²) in [5.41, 5.74) is 5.07. The third-order valence-corrected chi connectivity index (χ3v) is 5.50. The Labute approximate surface area is 132 Å². The minimum Gasteiger partial charge on any atom is -0.0881 e. The molecule has 2 aliphatic rings. The zero-order valence-corrected chi connectivity index (χ0v) is 14.5. The summed E-state index contributed by atoms with van der Waals surface area (Å²) < 4.78 is 0. The van der Waals surface area contributed by atoms with E-state index in [0.717, 1.165) is 11.8 Å². The predicted octanol–water partition coefficient (Wildman–Crippen LogP) is 6.99. The molecule has 2 atom stereocenters. The maximum Gasteiger partial charge on any atom is -0.0154 e. The van der Waals surface area contributed by atoms with Crippen LogP contribution < -0.4 is 0 Å². The first kappa shape index (κ1) is 16.6. The van der Waals surface area contributed by atoms with Crippen LogP contribution in [0.3, 0.4) is 0 Å². The highest BCUT2D eigenvalue weighted by atomic mass is 14.4. The molecule has 0 heterocycles. The molecule has 0 amide bonds. The van der Waals surface area contributed by atoms with Gasteiger partial charge in [0.15, 0.2) is 0 Å². The molecule has 0 N–H and O–H groups in total. The smallest absolute Gasteiger partial charge is 0.0154 e. The van der Waals surface area contributed by atoms with Crippen molar-refractivity contribution in [1.82, 2.24) is 0 Å². The summed E-state index contributed by atoms with van der Waals surface area (Å²) in [4.78, 5) is 0. The lowest BCUT2D eigenvalue weighted by Gasteiger charge is -2.18. The summed E-state index contributed by atoms with van der Waals surface area (Å²) in [5.74, 6) is 1.76. The number of allylic oxidation sites excluding steroid dienone is 6. The molecule has 0 nitrogen and oxygen atoms in total. The predicted molar refractivity (Wildman–Crippen MR) is 94.4 cm³/mol. The van der Waals surface area contributed by atoms with Crippen LogP contribution in [0.15, 0.2) is 34.9 Å². The molecule has 2 rings (SSSR count). The summed E-state index contributed by atoms with van der Waals surface area (Å²) in [6, 6.07) is 0. The monoisotopic (exact) mass is 286 g/mol. The molecular weight excluding hydrogens is 252 g/mol. The van der Waals surface area contributed by atoms with E-state index in [1.807, 2.05) is 0 Å². The van der Waals surface area contributed by atoms with Crippen molar-refractivity contribution in [2.45, 2.75) is 85.0 Å². The second kappa shape index (κ2) is 8.61. The van der Waals surface area contributed by atoms with Gasteiger partial charge in [0.2, 0.25) is 0 Å². The Morgan fingerprint density at radius 2 is 1.81 bits per heavy atom. The van der Waals surface area contributed by atoms with Gasteiger partial charge in [-0.15, -0.1) is 0 Å². The fourth-order valence-corrected chi connectivity index (χ4v) is 4.19. The van der Waals surface area contributed by atoms with E-state index in [2.05, 4.69) is 39.0 Å². The zero-order chi connectivity index (χ0) is 15.1. The van der Waals surface area contributed by atoms with Gasteiger partial charge >= 0.3 is 0 Å². The van der Waals surface area contributed by atoms with Crippen LogP contribution in [0.2, 0.25) is 0 Å². The van der Waals surface area contributed by atoms with Crippen LogP contribution in [0.1, 0.15) is 85.0 Å². The normalized spacial score (nSPS) is 29.0. The molecule has 2 unspecified atom stereocenters. The summed E-state index contributed by atoms with van der Waals surface area (Å²) in [6.07, 6.45) is 21.0. The molecule has 2 bridgehead atoms. The third-order valence-electron chi connectivity index (χ3n) is 5.50. The minimum atomic E-state index is 0.875. The van der Waals surface area contributed by atoms with E-state index in [4.69, 9.17) is 0 Å². The number of hydrogen-bond donors (Lipinski definition) is 0. The molecule has 0 aromatic carbocycles. The first-order chi connectivity index (χ1) is 10.3. The zero-order valence-electron chi connectivity index (χ0n) is 14.5. The fourth-order valence-electron chi connectivity index (χ4n) is 4.19. The van der Waals surface area contributed by atoms with Gasteiger partial charge in [-0.25, -0.2) is 0 Å². The highest BCUT2D eigenvalue weighted by Gasteiger charge is 2.38. The Kier molecular flexibility index (Phi) is 6.80. The fraction of sp³-hybridized carbons (Fsp3) is 0.714. The van der Waals surface area contributed by atoms with Gasteiger partial charge < -0.3 is 0 Å². The largest absolute Gasteiger partial charge is 0.0881 e. The Balaban J connectivity index is 1.69. The Bertz CT molecular complexity index is 408. The summed E-state index contributed by atoms with van der Waals surface area (Å²) in [7, 11) is 0. The first-order valence-electron chi connectivity index (χ1n) is 9.27. The molecule has 21 heavy (non-hydrogen) atoms. The average molecular weight is 287 g/mol. The maximum absolute atomic E-state index is 2.42. The number of unbranched alkanes of at least 4 members (excludes halogenated alkanes) is 6. The van der Waals surface area contributed by atoms with E-state index in [1.54, 1.807) is 16.7 Å². The van der Waals surface area contributed by atoms with E-state index in [0.29, 0.717) is 0 Å². The molecule has 2 aliphatic carbocycles. The maximum atomic E-state index is 2.42. The van der Waals surface area contributed by atoms with Crippen molar-refractivity contribution in [2.75, 3.05) is 0 Å². The van der Waals surface area contributed by atoms with E-state index in [1.165, 1.54) is 64.2 Å². The SMILES string of the molecule is CC=C1CC2CC1CC2=C(C)C=CCCCCCCCC. The van der Waals surface area contributed by atoms with E-state index in [-0.39, 0.29) is 0 Å². The van der Waals surface area contributed by atoms with E-state index >= 15 is 0 Å². The molecule has 0 spiro atoms. The van der Waals surface area contributed by atoms with Crippen molar-refractivity contribution in [2.24, 2.45) is 11.8 Å². The highest BCUT2D eigenvalue weighted by Crippen LogP contribution is 2.52. The van der Waals surface area contributed by atoms with Gasteiger partial charge in [0, 0.05) is 0 Å². The molecule has 0 saturated heterocycles. The van der Waals surface area contributed by atoms with Gasteiger partial charge in [0.25, 0.3) is 0 Å². The third kappa shape index (κ3) is 4.59. The lowest BCUT2D eigenvalue weighted by molar-refractivity contribution is 0.611. The second-order valence-electron chi connectivity index (χ2n) is 7.07. The quantitative estimate of drug-likeness (QED) is 0.333. The van der Waals surface area contributed by atoms with Crippen LogP contribution >= 0.6 is 0 Å². The standard InChI is InChI=1S/C21H34/c1-4-6-7-8-9-10-11-12-13-17(3)21-16-19-15-20(21)14-18(19)5-2/h5,12-13,19-20H,4,6-11,14-16H2,1-3H3. The summed E-state index contributed by atoms with van der Waals surface area (Å²) in [6.45, 7) is 6.84. The Morgan fingerprint density at radius 1 is 1.05 bits per heavy atom. The molecule has 2 fully saturated rings. The molecule has 0 aromatic heterocycles. The van der Waals surface area contributed by atoms with Crippen molar-refractivity contribution in [3.63, 3.8) is 0 Å². The summed E-state index contributed by atoms with van der Waals surface area (Å²) >= 11 is 0. The molecular formula is C21H34. The molecule has 2 saturated carbocycles. The van der Waals surface area contributed by atoms with Crippen LogP contribution in [-0.4, -0.2) is 0 Å². The van der Waals surface area contributed by atoms with Gasteiger partial charge in [-0.1, -0.05) is 74.0 Å². The van der Waals surface area contributed by atoms with Crippen molar-refractivity contribution in [3.8, 4) is 0 Å². The molecule has 118 valence electrons. The molecule has 0 radical (unpaired) electrons. The Morgan fingerprint density at radius 3 is 2.48 bits per heavy atom. The average Bonchev–Trinajstić information content (AvgIpc) is 3.09.